The molecule has 18 heavy (non-hydrogen) atoms. The molecule has 1 heterocycles. The van der Waals surface area contributed by atoms with Gasteiger partial charge in [0.25, 0.3) is 0 Å². The molecule has 0 spiro atoms. The second-order valence-electron chi connectivity index (χ2n) is 4.96. The largest absolute Gasteiger partial charge is 0.379 e. The normalized spacial score (nSPS) is 20.7. The maximum atomic E-state index is 13.5. The van der Waals surface area contributed by atoms with Gasteiger partial charge in [0.05, 0.1) is 5.69 Å². The minimum absolute atomic E-state index is 0.0320. The molecule has 1 saturated heterocycles. The van der Waals surface area contributed by atoms with Gasteiger partial charge in [0.1, 0.15) is 5.82 Å². The van der Waals surface area contributed by atoms with E-state index < -0.39 is 17.5 Å². The van der Waals surface area contributed by atoms with Gasteiger partial charge in [-0.3, -0.25) is 4.90 Å². The molecule has 0 aromatic heterocycles. The van der Waals surface area contributed by atoms with Crippen LogP contribution in [0.3, 0.4) is 0 Å². The Labute approximate surface area is 105 Å². The van der Waals surface area contributed by atoms with Crippen LogP contribution in [-0.4, -0.2) is 30.1 Å². The molecular weight excluding hydrogens is 241 g/mol. The first-order valence-electron chi connectivity index (χ1n) is 6.12. The van der Waals surface area contributed by atoms with Crippen molar-refractivity contribution >= 4 is 5.69 Å². The molecular formula is C13H17F3N2. The van der Waals surface area contributed by atoms with Crippen LogP contribution in [0, 0.1) is 17.5 Å². The molecule has 0 bridgehead atoms. The number of hydrogen-bond acceptors (Lipinski definition) is 2. The highest BCUT2D eigenvalue weighted by molar-refractivity contribution is 5.46. The maximum Gasteiger partial charge on any atom is 0.161 e. The SMILES string of the molecule is CC(C)N1CCC(Nc2cc(F)c(F)cc2F)C1. The summed E-state index contributed by atoms with van der Waals surface area (Å²) in [6, 6.07) is 1.97. The standard InChI is InChI=1S/C13H17F3N2/c1-8(2)18-4-3-9(7-18)17-13-6-11(15)10(14)5-12(13)16/h5-6,8-9,17H,3-4,7H2,1-2H3. The third-order valence-corrected chi connectivity index (χ3v) is 3.32. The van der Waals surface area contributed by atoms with Crippen LogP contribution in [0.1, 0.15) is 20.3 Å². The van der Waals surface area contributed by atoms with E-state index in [1.54, 1.807) is 0 Å². The van der Waals surface area contributed by atoms with E-state index in [4.69, 9.17) is 0 Å². The first-order chi connectivity index (χ1) is 8.47. The highest BCUT2D eigenvalue weighted by atomic mass is 19.2. The molecule has 100 valence electrons. The van der Waals surface area contributed by atoms with Gasteiger partial charge >= 0.3 is 0 Å². The molecule has 5 heteroatoms. The Balaban J connectivity index is 2.05. The summed E-state index contributed by atoms with van der Waals surface area (Å²) in [5.74, 6) is -2.94. The second-order valence-corrected chi connectivity index (χ2v) is 4.96. The highest BCUT2D eigenvalue weighted by Gasteiger charge is 2.25. The zero-order valence-corrected chi connectivity index (χ0v) is 10.5. The van der Waals surface area contributed by atoms with Crippen LogP contribution in [0.2, 0.25) is 0 Å². The summed E-state index contributed by atoms with van der Waals surface area (Å²) in [7, 11) is 0. The molecule has 1 aromatic rings. The summed E-state index contributed by atoms with van der Waals surface area (Å²) in [6.45, 7) is 5.91. The van der Waals surface area contributed by atoms with Crippen LogP contribution in [0.4, 0.5) is 18.9 Å². The summed E-state index contributed by atoms with van der Waals surface area (Å²) in [5.41, 5.74) is 0.0320. The third kappa shape index (κ3) is 2.77. The average Bonchev–Trinajstić information content (AvgIpc) is 2.74. The number of likely N-dealkylation sites (tertiary alicyclic amines) is 1. The molecule has 0 radical (unpaired) electrons. The van der Waals surface area contributed by atoms with Gasteiger partial charge in [0.2, 0.25) is 0 Å². The number of benzene rings is 1. The first kappa shape index (κ1) is 13.2. The summed E-state index contributed by atoms with van der Waals surface area (Å²) >= 11 is 0. The number of nitrogens with one attached hydrogen (secondary N) is 1. The van der Waals surface area contributed by atoms with Crippen molar-refractivity contribution in [3.63, 3.8) is 0 Å². The number of hydrogen-bond donors (Lipinski definition) is 1. The quantitative estimate of drug-likeness (QED) is 0.838. The van der Waals surface area contributed by atoms with Crippen LogP contribution in [0.15, 0.2) is 12.1 Å². The summed E-state index contributed by atoms with van der Waals surface area (Å²) in [6.07, 6.45) is 0.872. The molecule has 1 N–H and O–H groups in total. The van der Waals surface area contributed by atoms with Crippen molar-refractivity contribution < 1.29 is 13.2 Å². The molecule has 1 unspecified atom stereocenters. The number of rotatable bonds is 3. The van der Waals surface area contributed by atoms with E-state index in [0.717, 1.165) is 25.6 Å². The number of halogens is 3. The Kier molecular flexibility index (Phi) is 3.80. The van der Waals surface area contributed by atoms with Crippen molar-refractivity contribution in [1.29, 1.82) is 0 Å². The predicted octanol–water partition coefficient (Wildman–Crippen LogP) is 3.00. The Morgan fingerprint density at radius 2 is 1.83 bits per heavy atom. The summed E-state index contributed by atoms with van der Waals surface area (Å²) in [5, 5.41) is 2.94. The fraction of sp³-hybridized carbons (Fsp3) is 0.538. The lowest BCUT2D eigenvalue weighted by Gasteiger charge is -2.21. The molecule has 1 fully saturated rings. The predicted molar refractivity (Wildman–Crippen MR) is 65.1 cm³/mol. The van der Waals surface area contributed by atoms with Crippen molar-refractivity contribution in [2.45, 2.75) is 32.4 Å². The Hall–Kier alpha value is -1.23. The van der Waals surface area contributed by atoms with Crippen molar-refractivity contribution in [2.75, 3.05) is 18.4 Å². The smallest absolute Gasteiger partial charge is 0.161 e. The third-order valence-electron chi connectivity index (χ3n) is 3.32. The van der Waals surface area contributed by atoms with Crippen molar-refractivity contribution in [2.24, 2.45) is 0 Å². The molecule has 1 aliphatic rings. The Morgan fingerprint density at radius 3 is 2.44 bits per heavy atom. The van der Waals surface area contributed by atoms with Crippen LogP contribution < -0.4 is 5.32 Å². The van der Waals surface area contributed by atoms with E-state index in [2.05, 4.69) is 24.1 Å². The van der Waals surface area contributed by atoms with Gasteiger partial charge in [-0.1, -0.05) is 0 Å². The van der Waals surface area contributed by atoms with Gasteiger partial charge in [-0.25, -0.2) is 13.2 Å². The lowest BCUT2D eigenvalue weighted by Crippen LogP contribution is -2.31. The summed E-state index contributed by atoms with van der Waals surface area (Å²) in [4.78, 5) is 2.26. The number of anilines is 1. The molecule has 0 aliphatic carbocycles. The summed E-state index contributed by atoms with van der Waals surface area (Å²) < 4.78 is 39.3. The van der Waals surface area contributed by atoms with Crippen LogP contribution in [-0.2, 0) is 0 Å². The van der Waals surface area contributed by atoms with Crippen LogP contribution >= 0.6 is 0 Å². The minimum Gasteiger partial charge on any atom is -0.379 e. The van der Waals surface area contributed by atoms with Gasteiger partial charge in [-0.2, -0.15) is 0 Å². The maximum absolute atomic E-state index is 13.5. The monoisotopic (exact) mass is 258 g/mol. The van der Waals surface area contributed by atoms with E-state index >= 15 is 0 Å². The van der Waals surface area contributed by atoms with E-state index in [0.29, 0.717) is 12.1 Å². The molecule has 0 saturated carbocycles. The molecule has 2 rings (SSSR count). The van der Waals surface area contributed by atoms with E-state index in [-0.39, 0.29) is 11.7 Å². The van der Waals surface area contributed by atoms with Crippen LogP contribution in [0.25, 0.3) is 0 Å². The second kappa shape index (κ2) is 5.18. The molecule has 0 amide bonds. The van der Waals surface area contributed by atoms with Gasteiger partial charge in [0, 0.05) is 37.3 Å². The Bertz CT molecular complexity index is 434. The number of nitrogens with zero attached hydrogens (tertiary/aromatic N) is 1. The molecule has 1 atom stereocenters. The fourth-order valence-electron chi connectivity index (χ4n) is 2.23. The Morgan fingerprint density at radius 1 is 1.17 bits per heavy atom. The van der Waals surface area contributed by atoms with Crippen LogP contribution in [0.5, 0.6) is 0 Å². The lowest BCUT2D eigenvalue weighted by molar-refractivity contribution is 0.274. The minimum atomic E-state index is -1.16. The van der Waals surface area contributed by atoms with E-state index in [1.807, 2.05) is 0 Å². The molecule has 1 aliphatic heterocycles. The van der Waals surface area contributed by atoms with Crippen molar-refractivity contribution in [1.82, 2.24) is 4.90 Å². The fourth-order valence-corrected chi connectivity index (χ4v) is 2.23. The molecule has 1 aromatic carbocycles. The molecule has 2 nitrogen and oxygen atoms in total. The van der Waals surface area contributed by atoms with E-state index in [9.17, 15) is 13.2 Å². The topological polar surface area (TPSA) is 15.3 Å². The van der Waals surface area contributed by atoms with Crippen molar-refractivity contribution in [3.05, 3.63) is 29.6 Å². The first-order valence-corrected chi connectivity index (χ1v) is 6.12. The average molecular weight is 258 g/mol. The zero-order chi connectivity index (χ0) is 13.3. The highest BCUT2D eigenvalue weighted by Crippen LogP contribution is 2.22. The van der Waals surface area contributed by atoms with Gasteiger partial charge in [0.15, 0.2) is 11.6 Å². The van der Waals surface area contributed by atoms with Gasteiger partial charge < -0.3 is 5.32 Å². The van der Waals surface area contributed by atoms with E-state index in [1.165, 1.54) is 0 Å². The lowest BCUT2D eigenvalue weighted by atomic mass is 10.2. The van der Waals surface area contributed by atoms with Gasteiger partial charge in [-0.15, -0.1) is 0 Å². The van der Waals surface area contributed by atoms with Crippen molar-refractivity contribution in [3.8, 4) is 0 Å². The zero-order valence-electron chi connectivity index (χ0n) is 10.5. The van der Waals surface area contributed by atoms with Gasteiger partial charge in [-0.05, 0) is 20.3 Å².